The highest BCUT2D eigenvalue weighted by molar-refractivity contribution is 5.94. The van der Waals surface area contributed by atoms with Crippen LogP contribution in [0.15, 0.2) is 54.9 Å². The molecule has 0 aliphatic carbocycles. The first-order valence-electron chi connectivity index (χ1n) is 7.11. The van der Waals surface area contributed by atoms with Crippen LogP contribution in [-0.2, 0) is 13.6 Å². The van der Waals surface area contributed by atoms with Crippen molar-refractivity contribution in [1.29, 1.82) is 0 Å². The zero-order chi connectivity index (χ0) is 16.2. The van der Waals surface area contributed by atoms with E-state index in [9.17, 15) is 9.18 Å². The average molecular weight is 310 g/mol. The van der Waals surface area contributed by atoms with Gasteiger partial charge in [-0.3, -0.25) is 14.5 Å². The first-order chi connectivity index (χ1) is 11.1. The van der Waals surface area contributed by atoms with Crippen LogP contribution < -0.4 is 5.32 Å². The summed E-state index contributed by atoms with van der Waals surface area (Å²) in [6.45, 7) is 0.228. The van der Waals surface area contributed by atoms with Crippen LogP contribution in [0, 0.1) is 5.82 Å². The minimum atomic E-state index is -0.538. The fourth-order valence-electron chi connectivity index (χ4n) is 2.32. The molecule has 1 aromatic carbocycles. The number of hydrogen-bond acceptors (Lipinski definition) is 3. The van der Waals surface area contributed by atoms with E-state index in [2.05, 4.69) is 15.4 Å². The van der Waals surface area contributed by atoms with Crippen molar-refractivity contribution in [2.45, 2.75) is 6.54 Å². The largest absolute Gasteiger partial charge is 0.346 e. The summed E-state index contributed by atoms with van der Waals surface area (Å²) in [5.74, 6) is -0.997. The summed E-state index contributed by atoms with van der Waals surface area (Å²) in [6.07, 6.45) is 3.42. The fourth-order valence-corrected chi connectivity index (χ4v) is 2.32. The molecule has 0 saturated carbocycles. The Balaban J connectivity index is 1.72. The van der Waals surface area contributed by atoms with Crippen LogP contribution in [0.2, 0.25) is 0 Å². The Kier molecular flexibility index (Phi) is 4.14. The number of nitrogens with zero attached hydrogens (tertiary/aromatic N) is 3. The Labute approximate surface area is 132 Å². The van der Waals surface area contributed by atoms with E-state index in [4.69, 9.17) is 0 Å². The normalized spacial score (nSPS) is 10.5. The molecule has 2 heterocycles. The third kappa shape index (κ3) is 3.26. The molecule has 0 radical (unpaired) electrons. The second kappa shape index (κ2) is 6.39. The van der Waals surface area contributed by atoms with Gasteiger partial charge in [-0.1, -0.05) is 12.1 Å². The predicted molar refractivity (Wildman–Crippen MR) is 84.0 cm³/mol. The molecule has 0 fully saturated rings. The number of aryl methyl sites for hydroxylation is 1. The number of pyridine rings is 1. The molecular formula is C17H15FN4O. The number of amides is 1. The van der Waals surface area contributed by atoms with E-state index in [1.165, 1.54) is 12.1 Å². The zero-order valence-electron chi connectivity index (χ0n) is 12.5. The third-order valence-electron chi connectivity index (χ3n) is 3.46. The molecule has 0 atom stereocenters. The molecule has 5 nitrogen and oxygen atoms in total. The van der Waals surface area contributed by atoms with Gasteiger partial charge in [0.25, 0.3) is 5.91 Å². The summed E-state index contributed by atoms with van der Waals surface area (Å²) in [4.78, 5) is 16.0. The Hall–Kier alpha value is -3.02. The van der Waals surface area contributed by atoms with Gasteiger partial charge in [0.05, 0.1) is 23.5 Å². The lowest BCUT2D eigenvalue weighted by molar-refractivity contribution is 0.0946. The number of halogens is 1. The SMILES string of the molecule is Cn1nc(CNC(=O)c2ccccc2F)cc1-c1ccncc1. The van der Waals surface area contributed by atoms with Crippen LogP contribution in [0.3, 0.4) is 0 Å². The smallest absolute Gasteiger partial charge is 0.254 e. The topological polar surface area (TPSA) is 59.8 Å². The molecule has 0 bridgehead atoms. The number of aromatic nitrogens is 3. The van der Waals surface area contributed by atoms with Crippen molar-refractivity contribution in [3.63, 3.8) is 0 Å². The lowest BCUT2D eigenvalue weighted by Crippen LogP contribution is -2.24. The molecule has 6 heteroatoms. The summed E-state index contributed by atoms with van der Waals surface area (Å²) in [7, 11) is 1.83. The van der Waals surface area contributed by atoms with Gasteiger partial charge in [0.15, 0.2) is 0 Å². The zero-order valence-corrected chi connectivity index (χ0v) is 12.5. The van der Waals surface area contributed by atoms with Crippen molar-refractivity contribution >= 4 is 5.91 Å². The average Bonchev–Trinajstić information content (AvgIpc) is 2.95. The Bertz CT molecular complexity index is 830. The Morgan fingerprint density at radius 2 is 1.96 bits per heavy atom. The second-order valence-electron chi connectivity index (χ2n) is 5.04. The van der Waals surface area contributed by atoms with E-state index in [0.29, 0.717) is 5.69 Å². The molecule has 0 spiro atoms. The third-order valence-corrected chi connectivity index (χ3v) is 3.46. The van der Waals surface area contributed by atoms with Crippen molar-refractivity contribution < 1.29 is 9.18 Å². The molecule has 0 aliphatic heterocycles. The summed E-state index contributed by atoms with van der Waals surface area (Å²) in [6, 6.07) is 11.5. The van der Waals surface area contributed by atoms with E-state index in [1.54, 1.807) is 29.2 Å². The maximum atomic E-state index is 13.6. The highest BCUT2D eigenvalue weighted by Crippen LogP contribution is 2.18. The molecule has 1 N–H and O–H groups in total. The summed E-state index contributed by atoms with van der Waals surface area (Å²) in [5, 5.41) is 7.04. The van der Waals surface area contributed by atoms with Gasteiger partial charge in [-0.25, -0.2) is 4.39 Å². The first-order valence-corrected chi connectivity index (χ1v) is 7.11. The predicted octanol–water partition coefficient (Wildman–Crippen LogP) is 2.55. The quantitative estimate of drug-likeness (QED) is 0.805. The van der Waals surface area contributed by atoms with Gasteiger partial charge in [0, 0.05) is 25.0 Å². The number of carbonyl (C=O) groups is 1. The van der Waals surface area contributed by atoms with Gasteiger partial charge in [0.2, 0.25) is 0 Å². The molecule has 0 unspecified atom stereocenters. The summed E-state index contributed by atoms with van der Waals surface area (Å²) < 4.78 is 15.3. The number of hydrogen-bond donors (Lipinski definition) is 1. The maximum absolute atomic E-state index is 13.6. The molecule has 116 valence electrons. The van der Waals surface area contributed by atoms with Gasteiger partial charge in [-0.2, -0.15) is 5.10 Å². The van der Waals surface area contributed by atoms with Crippen molar-refractivity contribution in [3.05, 3.63) is 71.9 Å². The van der Waals surface area contributed by atoms with Crippen LogP contribution in [0.5, 0.6) is 0 Å². The highest BCUT2D eigenvalue weighted by Gasteiger charge is 2.12. The molecule has 23 heavy (non-hydrogen) atoms. The number of rotatable bonds is 4. The van der Waals surface area contributed by atoms with Crippen molar-refractivity contribution in [2.24, 2.45) is 7.05 Å². The summed E-state index contributed by atoms with van der Waals surface area (Å²) in [5.41, 5.74) is 2.63. The molecular weight excluding hydrogens is 295 g/mol. The van der Waals surface area contributed by atoms with Crippen molar-refractivity contribution in [3.8, 4) is 11.3 Å². The van der Waals surface area contributed by atoms with Crippen LogP contribution in [0.4, 0.5) is 4.39 Å². The molecule has 0 saturated heterocycles. The van der Waals surface area contributed by atoms with E-state index >= 15 is 0 Å². The molecule has 0 aliphatic rings. The molecule has 3 aromatic rings. The van der Waals surface area contributed by atoms with E-state index in [1.807, 2.05) is 25.2 Å². The van der Waals surface area contributed by atoms with E-state index in [-0.39, 0.29) is 12.1 Å². The maximum Gasteiger partial charge on any atom is 0.254 e. The number of nitrogens with one attached hydrogen (secondary N) is 1. The van der Waals surface area contributed by atoms with E-state index < -0.39 is 11.7 Å². The lowest BCUT2D eigenvalue weighted by atomic mass is 10.2. The van der Waals surface area contributed by atoms with Crippen LogP contribution in [-0.4, -0.2) is 20.7 Å². The van der Waals surface area contributed by atoms with Gasteiger partial charge in [-0.15, -0.1) is 0 Å². The second-order valence-corrected chi connectivity index (χ2v) is 5.04. The first kappa shape index (κ1) is 14.9. The molecule has 3 rings (SSSR count). The minimum absolute atomic E-state index is 0.0257. The number of carbonyl (C=O) groups excluding carboxylic acids is 1. The van der Waals surface area contributed by atoms with Crippen LogP contribution >= 0.6 is 0 Å². The Morgan fingerprint density at radius 1 is 1.22 bits per heavy atom. The van der Waals surface area contributed by atoms with E-state index in [0.717, 1.165) is 11.3 Å². The highest BCUT2D eigenvalue weighted by atomic mass is 19.1. The van der Waals surface area contributed by atoms with Gasteiger partial charge >= 0.3 is 0 Å². The Morgan fingerprint density at radius 3 is 2.70 bits per heavy atom. The van der Waals surface area contributed by atoms with Crippen LogP contribution in [0.1, 0.15) is 16.1 Å². The van der Waals surface area contributed by atoms with Crippen molar-refractivity contribution in [2.75, 3.05) is 0 Å². The van der Waals surface area contributed by atoms with Gasteiger partial charge in [-0.05, 0) is 30.3 Å². The number of benzene rings is 1. The van der Waals surface area contributed by atoms with Gasteiger partial charge < -0.3 is 5.32 Å². The molecule has 2 aromatic heterocycles. The lowest BCUT2D eigenvalue weighted by Gasteiger charge is -2.03. The molecule has 1 amide bonds. The van der Waals surface area contributed by atoms with Crippen molar-refractivity contribution in [1.82, 2.24) is 20.1 Å². The standard InChI is InChI=1S/C17H15FN4O/c1-22-16(12-6-8-19-9-7-12)10-13(21-22)11-20-17(23)14-4-2-3-5-15(14)18/h2-10H,11H2,1H3,(H,20,23). The van der Waals surface area contributed by atoms with Crippen LogP contribution in [0.25, 0.3) is 11.3 Å². The minimum Gasteiger partial charge on any atom is -0.346 e. The fraction of sp³-hybridized carbons (Fsp3) is 0.118. The van der Waals surface area contributed by atoms with Gasteiger partial charge in [0.1, 0.15) is 5.82 Å². The monoisotopic (exact) mass is 310 g/mol. The summed E-state index contributed by atoms with van der Waals surface area (Å²) >= 11 is 0.